The molecule has 0 spiro atoms. The quantitative estimate of drug-likeness (QED) is 0.412. The second kappa shape index (κ2) is 6.22. The third-order valence-electron chi connectivity index (χ3n) is 2.17. The lowest BCUT2D eigenvalue weighted by Gasteiger charge is -2.10. The number of benzene rings is 1. The van der Waals surface area contributed by atoms with Crippen molar-refractivity contribution in [1.29, 1.82) is 0 Å². The maximum atomic E-state index is 13.5. The summed E-state index contributed by atoms with van der Waals surface area (Å²) in [6, 6.07) is 2.52. The van der Waals surface area contributed by atoms with Crippen LogP contribution in [-0.2, 0) is 5.88 Å². The van der Waals surface area contributed by atoms with Gasteiger partial charge in [-0.2, -0.15) is 0 Å². The van der Waals surface area contributed by atoms with E-state index in [0.717, 1.165) is 6.07 Å². The molecule has 0 amide bonds. The third-order valence-corrected chi connectivity index (χ3v) is 3.66. The van der Waals surface area contributed by atoms with Crippen molar-refractivity contribution >= 4 is 50.7 Å². The molecule has 0 saturated heterocycles. The first-order valence-electron chi connectivity index (χ1n) is 4.90. The highest BCUT2D eigenvalue weighted by atomic mass is 79.9. The second-order valence-corrected chi connectivity index (χ2v) is 5.27. The van der Waals surface area contributed by atoms with E-state index in [4.69, 9.17) is 39.5 Å². The van der Waals surface area contributed by atoms with Gasteiger partial charge in [0.25, 0.3) is 0 Å². The van der Waals surface area contributed by atoms with Crippen molar-refractivity contribution in [3.8, 4) is 11.6 Å². The molecular weight excluding hydrogens is 381 g/mol. The van der Waals surface area contributed by atoms with Crippen LogP contribution in [0.5, 0.6) is 11.6 Å². The van der Waals surface area contributed by atoms with E-state index in [2.05, 4.69) is 25.9 Å². The Balaban J connectivity index is 2.42. The summed E-state index contributed by atoms with van der Waals surface area (Å²) in [4.78, 5) is 7.69. The molecule has 0 aliphatic heterocycles. The van der Waals surface area contributed by atoms with E-state index in [-0.39, 0.29) is 32.2 Å². The highest BCUT2D eigenvalue weighted by Gasteiger charge is 2.14. The van der Waals surface area contributed by atoms with Gasteiger partial charge in [-0.25, -0.2) is 14.4 Å². The summed E-state index contributed by atoms with van der Waals surface area (Å²) in [5, 5.41) is 0.400. The summed E-state index contributed by atoms with van der Waals surface area (Å²) in [5.41, 5.74) is 0.408. The van der Waals surface area contributed by atoms with Crippen LogP contribution in [-0.4, -0.2) is 9.97 Å². The molecular formula is C11H5BrCl3FN2O. The lowest BCUT2D eigenvalue weighted by molar-refractivity contribution is 0.452. The average Bonchev–Trinajstić information content (AvgIpc) is 2.36. The Hall–Kier alpha value is -0.620. The van der Waals surface area contributed by atoms with Crippen molar-refractivity contribution in [2.45, 2.75) is 5.88 Å². The summed E-state index contributed by atoms with van der Waals surface area (Å²) in [7, 11) is 0. The monoisotopic (exact) mass is 384 g/mol. The third kappa shape index (κ3) is 3.28. The number of hydrogen-bond donors (Lipinski definition) is 0. The Morgan fingerprint density at radius 3 is 2.68 bits per heavy atom. The molecule has 0 radical (unpaired) electrons. The maximum absolute atomic E-state index is 13.5. The lowest BCUT2D eigenvalue weighted by atomic mass is 10.3. The predicted molar refractivity (Wildman–Crippen MR) is 75.8 cm³/mol. The van der Waals surface area contributed by atoms with E-state index in [1.807, 2.05) is 0 Å². The van der Waals surface area contributed by atoms with Crippen LogP contribution in [0.1, 0.15) is 5.56 Å². The van der Waals surface area contributed by atoms with Gasteiger partial charge in [0, 0.05) is 6.07 Å². The molecule has 0 unspecified atom stereocenters. The summed E-state index contributed by atoms with van der Waals surface area (Å²) >= 11 is 20.6. The molecule has 0 fully saturated rings. The standard InChI is InChI=1S/C11H5BrCl3FN2O/c12-6-1-7(14)9(2-8(6)16)19-11-5(3-13)10(15)17-4-18-11/h1-2,4H,3H2. The Morgan fingerprint density at radius 1 is 1.26 bits per heavy atom. The minimum Gasteiger partial charge on any atom is -0.437 e. The molecule has 1 heterocycles. The van der Waals surface area contributed by atoms with Gasteiger partial charge in [-0.1, -0.05) is 23.2 Å². The van der Waals surface area contributed by atoms with Crippen LogP contribution >= 0.6 is 50.7 Å². The molecule has 2 rings (SSSR count). The minimum atomic E-state index is -0.507. The van der Waals surface area contributed by atoms with E-state index in [9.17, 15) is 4.39 Å². The van der Waals surface area contributed by atoms with Gasteiger partial charge in [0.2, 0.25) is 5.88 Å². The second-order valence-electron chi connectivity index (χ2n) is 3.38. The Bertz CT molecular complexity index is 627. The zero-order chi connectivity index (χ0) is 14.0. The molecule has 0 aliphatic carbocycles. The molecule has 0 aliphatic rings. The van der Waals surface area contributed by atoms with Crippen LogP contribution in [0.3, 0.4) is 0 Å². The minimum absolute atomic E-state index is 0.0611. The van der Waals surface area contributed by atoms with Crippen molar-refractivity contribution in [2.75, 3.05) is 0 Å². The van der Waals surface area contributed by atoms with Crippen molar-refractivity contribution in [2.24, 2.45) is 0 Å². The summed E-state index contributed by atoms with van der Waals surface area (Å²) in [5.74, 6) is -0.194. The topological polar surface area (TPSA) is 35.0 Å². The lowest BCUT2D eigenvalue weighted by Crippen LogP contribution is -1.97. The molecule has 2 aromatic rings. The van der Waals surface area contributed by atoms with E-state index in [1.54, 1.807) is 0 Å². The largest absolute Gasteiger partial charge is 0.437 e. The van der Waals surface area contributed by atoms with Gasteiger partial charge in [0.1, 0.15) is 17.3 Å². The maximum Gasteiger partial charge on any atom is 0.228 e. The van der Waals surface area contributed by atoms with E-state index >= 15 is 0 Å². The molecule has 1 aromatic heterocycles. The van der Waals surface area contributed by atoms with Crippen LogP contribution < -0.4 is 4.74 Å². The first kappa shape index (κ1) is 14.8. The van der Waals surface area contributed by atoms with Crippen molar-refractivity contribution in [3.63, 3.8) is 0 Å². The summed E-state index contributed by atoms with van der Waals surface area (Å²) in [6.07, 6.45) is 1.22. The van der Waals surface area contributed by atoms with Crippen LogP contribution in [0.2, 0.25) is 10.2 Å². The summed E-state index contributed by atoms with van der Waals surface area (Å²) < 4.78 is 19.1. The summed E-state index contributed by atoms with van der Waals surface area (Å²) in [6.45, 7) is 0. The fourth-order valence-corrected chi connectivity index (χ4v) is 2.44. The fourth-order valence-electron chi connectivity index (χ4n) is 1.26. The van der Waals surface area contributed by atoms with Crippen LogP contribution in [0.4, 0.5) is 4.39 Å². The SMILES string of the molecule is Fc1cc(Oc2ncnc(Cl)c2CCl)c(Cl)cc1Br. The molecule has 100 valence electrons. The number of hydrogen-bond acceptors (Lipinski definition) is 3. The number of halogens is 5. The fraction of sp³-hybridized carbons (Fsp3) is 0.0909. The van der Waals surface area contributed by atoms with Gasteiger partial charge in [-0.3, -0.25) is 0 Å². The molecule has 8 heteroatoms. The Kier molecular flexibility index (Phi) is 4.84. The van der Waals surface area contributed by atoms with Gasteiger partial charge in [-0.05, 0) is 22.0 Å². The average molecular weight is 386 g/mol. The highest BCUT2D eigenvalue weighted by Crippen LogP contribution is 2.35. The number of aromatic nitrogens is 2. The molecule has 19 heavy (non-hydrogen) atoms. The van der Waals surface area contributed by atoms with Crippen molar-refractivity contribution in [1.82, 2.24) is 9.97 Å². The Labute approximate surface area is 131 Å². The van der Waals surface area contributed by atoms with Crippen molar-refractivity contribution in [3.05, 3.63) is 44.5 Å². The van der Waals surface area contributed by atoms with Crippen LogP contribution in [0.25, 0.3) is 0 Å². The zero-order valence-corrected chi connectivity index (χ0v) is 13.0. The van der Waals surface area contributed by atoms with Gasteiger partial charge >= 0.3 is 0 Å². The number of nitrogens with zero attached hydrogens (tertiary/aromatic N) is 2. The number of alkyl halides is 1. The number of rotatable bonds is 3. The highest BCUT2D eigenvalue weighted by molar-refractivity contribution is 9.10. The smallest absolute Gasteiger partial charge is 0.228 e. The Morgan fingerprint density at radius 2 is 2.00 bits per heavy atom. The first-order chi connectivity index (χ1) is 9.02. The van der Waals surface area contributed by atoms with Crippen LogP contribution in [0, 0.1) is 5.82 Å². The molecule has 0 N–H and O–H groups in total. The zero-order valence-electron chi connectivity index (χ0n) is 9.13. The van der Waals surface area contributed by atoms with E-state index in [0.29, 0.717) is 5.56 Å². The van der Waals surface area contributed by atoms with Gasteiger partial charge in [0.15, 0.2) is 5.75 Å². The predicted octanol–water partition coefficient (Wildman–Crippen LogP) is 5.22. The normalized spacial score (nSPS) is 10.6. The van der Waals surface area contributed by atoms with E-state index < -0.39 is 5.82 Å². The van der Waals surface area contributed by atoms with Gasteiger partial charge in [0.05, 0.1) is 20.9 Å². The van der Waals surface area contributed by atoms with E-state index in [1.165, 1.54) is 12.4 Å². The molecule has 3 nitrogen and oxygen atoms in total. The van der Waals surface area contributed by atoms with Gasteiger partial charge < -0.3 is 4.74 Å². The first-order valence-corrected chi connectivity index (χ1v) is 6.99. The molecule has 0 saturated carbocycles. The van der Waals surface area contributed by atoms with Crippen molar-refractivity contribution < 1.29 is 9.13 Å². The molecule has 0 bridgehead atoms. The molecule has 1 aromatic carbocycles. The van der Waals surface area contributed by atoms with Gasteiger partial charge in [-0.15, -0.1) is 11.6 Å². The number of ether oxygens (including phenoxy) is 1. The molecule has 0 atom stereocenters. The van der Waals surface area contributed by atoms with Crippen LogP contribution in [0.15, 0.2) is 22.9 Å².